The second-order valence-corrected chi connectivity index (χ2v) is 2.91. The summed E-state index contributed by atoms with van der Waals surface area (Å²) in [6.07, 6.45) is 0.372. The molecule has 1 atom stereocenters. The summed E-state index contributed by atoms with van der Waals surface area (Å²) in [4.78, 5) is 25.1. The molecule has 0 aliphatic rings. The van der Waals surface area contributed by atoms with Gasteiger partial charge in [0.25, 0.3) is 5.09 Å². The van der Waals surface area contributed by atoms with E-state index in [0.717, 1.165) is 0 Å². The van der Waals surface area contributed by atoms with E-state index >= 15 is 0 Å². The van der Waals surface area contributed by atoms with Gasteiger partial charge in [0.05, 0.1) is 5.56 Å². The number of rotatable bonds is 5. The van der Waals surface area contributed by atoms with Gasteiger partial charge in [0.2, 0.25) is 0 Å². The molecule has 0 radical (unpaired) electrons. The maximum atomic E-state index is 10.6. The van der Waals surface area contributed by atoms with Gasteiger partial charge in [0.1, 0.15) is 0 Å². The van der Waals surface area contributed by atoms with Crippen LogP contribution < -0.4 is 0 Å². The standard InChI is InChI=1S/C10H9NO5/c1-2-9(16-11(14)15)7-3-5-8(6-4-7)10(12)13/h2-6,9H,1H2,(H,12,13). The van der Waals surface area contributed by atoms with Crippen LogP contribution >= 0.6 is 0 Å². The van der Waals surface area contributed by atoms with E-state index in [9.17, 15) is 14.9 Å². The van der Waals surface area contributed by atoms with Crippen molar-refractivity contribution in [1.29, 1.82) is 0 Å². The minimum atomic E-state index is -1.06. The Kier molecular flexibility index (Phi) is 3.60. The van der Waals surface area contributed by atoms with Crippen LogP contribution in [-0.4, -0.2) is 16.2 Å². The third kappa shape index (κ3) is 2.81. The summed E-state index contributed by atoms with van der Waals surface area (Å²) in [5.41, 5.74) is 0.573. The predicted molar refractivity (Wildman–Crippen MR) is 54.4 cm³/mol. The topological polar surface area (TPSA) is 89.7 Å². The monoisotopic (exact) mass is 223 g/mol. The predicted octanol–water partition coefficient (Wildman–Crippen LogP) is 1.82. The fraction of sp³-hybridized carbons (Fsp3) is 0.100. The summed E-state index contributed by atoms with van der Waals surface area (Å²) in [5, 5.41) is 17.9. The van der Waals surface area contributed by atoms with Crippen LogP contribution in [0.5, 0.6) is 0 Å². The van der Waals surface area contributed by atoms with Crippen LogP contribution in [0.4, 0.5) is 0 Å². The zero-order valence-corrected chi connectivity index (χ0v) is 8.20. The Bertz CT molecular complexity index is 412. The number of nitrogens with zero attached hydrogens (tertiary/aromatic N) is 1. The Morgan fingerprint density at radius 3 is 2.44 bits per heavy atom. The van der Waals surface area contributed by atoms with Crippen molar-refractivity contribution in [2.75, 3.05) is 0 Å². The largest absolute Gasteiger partial charge is 0.478 e. The van der Waals surface area contributed by atoms with E-state index in [-0.39, 0.29) is 5.56 Å². The molecule has 0 fully saturated rings. The molecule has 0 saturated heterocycles. The summed E-state index contributed by atoms with van der Waals surface area (Å²) < 4.78 is 0. The molecule has 1 aromatic carbocycles. The minimum Gasteiger partial charge on any atom is -0.478 e. The lowest BCUT2D eigenvalue weighted by atomic mass is 10.1. The first-order valence-electron chi connectivity index (χ1n) is 4.31. The van der Waals surface area contributed by atoms with E-state index in [1.807, 2.05) is 0 Å². The molecule has 0 amide bonds. The SMILES string of the molecule is C=CC(O[N+](=O)[O-])c1ccc(C(=O)O)cc1. The summed E-state index contributed by atoms with van der Waals surface area (Å²) in [7, 11) is 0. The van der Waals surface area contributed by atoms with Gasteiger partial charge in [-0.05, 0) is 17.7 Å². The van der Waals surface area contributed by atoms with Gasteiger partial charge in [0, 0.05) is 0 Å². The molecule has 0 bridgehead atoms. The highest BCUT2D eigenvalue weighted by Gasteiger charge is 2.12. The number of carboxylic acids is 1. The van der Waals surface area contributed by atoms with Crippen molar-refractivity contribution in [1.82, 2.24) is 0 Å². The van der Waals surface area contributed by atoms with E-state index in [1.165, 1.54) is 30.3 Å². The second kappa shape index (κ2) is 4.92. The number of benzene rings is 1. The molecule has 0 aromatic heterocycles. The number of carboxylic acid groups (broad SMARTS) is 1. The molecule has 1 rings (SSSR count). The van der Waals surface area contributed by atoms with E-state index in [1.54, 1.807) is 0 Å². The molecule has 6 heteroatoms. The number of carbonyl (C=O) groups is 1. The van der Waals surface area contributed by atoms with E-state index in [2.05, 4.69) is 11.4 Å². The van der Waals surface area contributed by atoms with Crippen LogP contribution in [0.1, 0.15) is 22.0 Å². The van der Waals surface area contributed by atoms with Crippen molar-refractivity contribution < 1.29 is 19.8 Å². The molecule has 0 saturated carbocycles. The Labute approximate surface area is 90.9 Å². The number of aromatic carboxylic acids is 1. The van der Waals surface area contributed by atoms with Gasteiger partial charge in [0.15, 0.2) is 6.10 Å². The average molecular weight is 223 g/mol. The quantitative estimate of drug-likeness (QED) is 0.467. The van der Waals surface area contributed by atoms with Crippen molar-refractivity contribution >= 4 is 5.97 Å². The number of hydrogen-bond acceptors (Lipinski definition) is 4. The van der Waals surface area contributed by atoms with Gasteiger partial charge < -0.3 is 9.94 Å². The Balaban J connectivity index is 2.90. The van der Waals surface area contributed by atoms with E-state index < -0.39 is 17.2 Å². The summed E-state index contributed by atoms with van der Waals surface area (Å²) in [6.45, 7) is 3.40. The first-order valence-corrected chi connectivity index (χ1v) is 4.31. The van der Waals surface area contributed by atoms with Gasteiger partial charge in [-0.2, -0.15) is 0 Å². The zero-order chi connectivity index (χ0) is 12.1. The van der Waals surface area contributed by atoms with Crippen LogP contribution in [0, 0.1) is 10.1 Å². The molecule has 1 N–H and O–H groups in total. The Hall–Kier alpha value is -2.37. The lowest BCUT2D eigenvalue weighted by Crippen LogP contribution is -2.07. The third-order valence-electron chi connectivity index (χ3n) is 1.90. The molecule has 0 aliphatic carbocycles. The summed E-state index contributed by atoms with van der Waals surface area (Å²) in [5.74, 6) is -1.06. The van der Waals surface area contributed by atoms with E-state index in [0.29, 0.717) is 5.56 Å². The Morgan fingerprint density at radius 1 is 1.50 bits per heavy atom. The molecule has 0 spiro atoms. The molecule has 0 aliphatic heterocycles. The van der Waals surface area contributed by atoms with Gasteiger partial charge >= 0.3 is 5.97 Å². The average Bonchev–Trinajstić information content (AvgIpc) is 2.25. The first kappa shape index (κ1) is 11.7. The minimum absolute atomic E-state index is 0.104. The second-order valence-electron chi connectivity index (χ2n) is 2.91. The maximum absolute atomic E-state index is 10.6. The zero-order valence-electron chi connectivity index (χ0n) is 8.20. The first-order chi connectivity index (χ1) is 7.54. The highest BCUT2D eigenvalue weighted by Crippen LogP contribution is 2.19. The van der Waals surface area contributed by atoms with Crippen molar-refractivity contribution in [3.05, 3.63) is 58.2 Å². The Morgan fingerprint density at radius 2 is 2.06 bits per heavy atom. The van der Waals surface area contributed by atoms with Crippen molar-refractivity contribution in [2.24, 2.45) is 0 Å². The van der Waals surface area contributed by atoms with Crippen LogP contribution in [0.2, 0.25) is 0 Å². The van der Waals surface area contributed by atoms with Crippen LogP contribution in [0.3, 0.4) is 0 Å². The molecule has 84 valence electrons. The normalized spacial score (nSPS) is 11.5. The molecule has 16 heavy (non-hydrogen) atoms. The van der Waals surface area contributed by atoms with Gasteiger partial charge in [-0.25, -0.2) is 4.79 Å². The highest BCUT2D eigenvalue weighted by molar-refractivity contribution is 5.87. The lowest BCUT2D eigenvalue weighted by Gasteiger charge is -2.10. The molecular weight excluding hydrogens is 214 g/mol. The van der Waals surface area contributed by atoms with Crippen LogP contribution in [0.15, 0.2) is 36.9 Å². The third-order valence-corrected chi connectivity index (χ3v) is 1.90. The van der Waals surface area contributed by atoms with Gasteiger partial charge in [-0.3, -0.25) is 0 Å². The van der Waals surface area contributed by atoms with Gasteiger partial charge in [-0.1, -0.05) is 18.2 Å². The van der Waals surface area contributed by atoms with Crippen molar-refractivity contribution in [2.45, 2.75) is 6.10 Å². The molecule has 1 unspecified atom stereocenters. The smallest absolute Gasteiger partial charge is 0.335 e. The van der Waals surface area contributed by atoms with Crippen LogP contribution in [-0.2, 0) is 4.84 Å². The molecule has 6 nitrogen and oxygen atoms in total. The number of hydrogen-bond donors (Lipinski definition) is 1. The molecule has 0 heterocycles. The maximum Gasteiger partial charge on any atom is 0.335 e. The van der Waals surface area contributed by atoms with Crippen molar-refractivity contribution in [3.63, 3.8) is 0 Å². The van der Waals surface area contributed by atoms with E-state index in [4.69, 9.17) is 5.11 Å². The molecule has 1 aromatic rings. The van der Waals surface area contributed by atoms with Crippen LogP contribution in [0.25, 0.3) is 0 Å². The molecular formula is C10H9NO5. The van der Waals surface area contributed by atoms with Crippen molar-refractivity contribution in [3.8, 4) is 0 Å². The lowest BCUT2D eigenvalue weighted by molar-refractivity contribution is -0.767. The summed E-state index contributed by atoms with van der Waals surface area (Å²) >= 11 is 0. The van der Waals surface area contributed by atoms with Gasteiger partial charge in [-0.15, -0.1) is 16.7 Å². The fourth-order valence-corrected chi connectivity index (χ4v) is 1.15. The fourth-order valence-electron chi connectivity index (χ4n) is 1.15. The highest BCUT2D eigenvalue weighted by atomic mass is 17.0. The summed E-state index contributed by atoms with van der Waals surface area (Å²) in [6, 6.07) is 5.58.